The van der Waals surface area contributed by atoms with Crippen LogP contribution in [0.5, 0.6) is 0 Å². The number of carbonyl (C=O) groups excluding carboxylic acids is 4. The van der Waals surface area contributed by atoms with Crippen LogP contribution in [0.4, 0.5) is 0 Å². The molecule has 264 valence electrons. The molecule has 0 saturated carbocycles. The zero-order valence-corrected chi connectivity index (χ0v) is 27.1. The van der Waals surface area contributed by atoms with Crippen LogP contribution in [-0.2, 0) is 47.4 Å². The highest BCUT2D eigenvalue weighted by Crippen LogP contribution is 2.37. The number of esters is 4. The molecular formula is C36H36O14. The minimum absolute atomic E-state index is 0.187. The second kappa shape index (κ2) is 15.9. The van der Waals surface area contributed by atoms with Gasteiger partial charge in [0.2, 0.25) is 0 Å². The van der Waals surface area contributed by atoms with Crippen LogP contribution < -0.4 is 0 Å². The lowest BCUT2D eigenvalue weighted by molar-refractivity contribution is -0.296. The molecule has 3 aromatic rings. The molecule has 0 amide bonds. The summed E-state index contributed by atoms with van der Waals surface area (Å²) in [5.74, 6) is -2.83. The van der Waals surface area contributed by atoms with E-state index in [1.165, 1.54) is 19.1 Å². The van der Waals surface area contributed by atoms with Crippen molar-refractivity contribution in [2.75, 3.05) is 13.2 Å². The van der Waals surface area contributed by atoms with Crippen molar-refractivity contribution < 1.29 is 66.9 Å². The second-order valence-electron chi connectivity index (χ2n) is 11.7. The molecule has 10 atom stereocenters. The van der Waals surface area contributed by atoms with Gasteiger partial charge in [0.15, 0.2) is 31.1 Å². The number of fused-ring (bicyclic) bond motifs is 1. The molecule has 3 aromatic carbocycles. The van der Waals surface area contributed by atoms with E-state index in [4.69, 9.17) is 42.6 Å². The van der Waals surface area contributed by atoms with Crippen molar-refractivity contribution in [1.82, 2.24) is 0 Å². The van der Waals surface area contributed by atoms with Gasteiger partial charge in [0.05, 0.1) is 16.7 Å². The average Bonchev–Trinajstić information content (AvgIpc) is 3.66. The molecule has 3 saturated heterocycles. The lowest BCUT2D eigenvalue weighted by Crippen LogP contribution is -2.60. The Morgan fingerprint density at radius 2 is 1.14 bits per heavy atom. The molecule has 3 fully saturated rings. The fourth-order valence-electron chi connectivity index (χ4n) is 5.78. The Morgan fingerprint density at radius 1 is 0.620 bits per heavy atom. The summed E-state index contributed by atoms with van der Waals surface area (Å²) in [5.41, 5.74) is 0.657. The van der Waals surface area contributed by atoms with E-state index in [9.17, 15) is 24.3 Å². The van der Waals surface area contributed by atoms with Crippen molar-refractivity contribution in [2.24, 2.45) is 0 Å². The molecule has 50 heavy (non-hydrogen) atoms. The van der Waals surface area contributed by atoms with Gasteiger partial charge in [-0.05, 0) is 43.3 Å². The largest absolute Gasteiger partial charge is 0.463 e. The topological polar surface area (TPSA) is 172 Å². The maximum Gasteiger partial charge on any atom is 0.338 e. The molecule has 0 radical (unpaired) electrons. The van der Waals surface area contributed by atoms with Crippen molar-refractivity contribution in [3.8, 4) is 0 Å². The molecule has 0 bridgehead atoms. The third kappa shape index (κ3) is 8.18. The van der Waals surface area contributed by atoms with E-state index in [0.717, 1.165) is 0 Å². The molecule has 0 spiro atoms. The Hall–Kier alpha value is -4.70. The summed E-state index contributed by atoms with van der Waals surface area (Å²) < 4.78 is 52.5. The Balaban J connectivity index is 1.31. The third-order valence-corrected chi connectivity index (χ3v) is 8.20. The molecule has 3 aliphatic rings. The van der Waals surface area contributed by atoms with Gasteiger partial charge in [0, 0.05) is 6.92 Å². The first kappa shape index (κ1) is 35.1. The molecule has 0 aliphatic carbocycles. The van der Waals surface area contributed by atoms with Crippen molar-refractivity contribution in [3.05, 3.63) is 108 Å². The molecule has 0 aromatic heterocycles. The first-order valence-corrected chi connectivity index (χ1v) is 16.0. The van der Waals surface area contributed by atoms with E-state index in [1.54, 1.807) is 85.8 Å². The highest BCUT2D eigenvalue weighted by molar-refractivity contribution is 5.91. The lowest BCUT2D eigenvalue weighted by Gasteiger charge is -2.41. The zero-order chi connectivity index (χ0) is 35.2. The number of rotatable bonds is 11. The number of aliphatic hydroxyl groups is 1. The van der Waals surface area contributed by atoms with Crippen LogP contribution in [0.2, 0.25) is 0 Å². The Labute approximate surface area is 287 Å². The predicted octanol–water partition coefficient (Wildman–Crippen LogP) is 2.82. The first-order valence-electron chi connectivity index (χ1n) is 16.0. The average molecular weight is 693 g/mol. The number of carbonyl (C=O) groups is 4. The molecule has 14 nitrogen and oxygen atoms in total. The van der Waals surface area contributed by atoms with E-state index in [-0.39, 0.29) is 23.3 Å². The summed E-state index contributed by atoms with van der Waals surface area (Å²) in [6, 6.07) is 24.4. The third-order valence-electron chi connectivity index (χ3n) is 8.20. The van der Waals surface area contributed by atoms with Gasteiger partial charge in [-0.25, -0.2) is 14.4 Å². The zero-order valence-electron chi connectivity index (χ0n) is 27.1. The van der Waals surface area contributed by atoms with Gasteiger partial charge in [-0.15, -0.1) is 0 Å². The van der Waals surface area contributed by atoms with Crippen LogP contribution in [0.3, 0.4) is 0 Å². The summed E-state index contributed by atoms with van der Waals surface area (Å²) in [6.07, 6.45) is -12.1. The van der Waals surface area contributed by atoms with Gasteiger partial charge in [0.1, 0.15) is 43.7 Å². The Bertz CT molecular complexity index is 1620. The van der Waals surface area contributed by atoms with Crippen molar-refractivity contribution >= 4 is 23.9 Å². The van der Waals surface area contributed by atoms with Gasteiger partial charge >= 0.3 is 23.9 Å². The normalized spacial score (nSPS) is 30.1. The molecule has 1 unspecified atom stereocenters. The first-order chi connectivity index (χ1) is 24.2. The van der Waals surface area contributed by atoms with E-state index in [1.807, 2.05) is 0 Å². The maximum atomic E-state index is 13.5. The number of ether oxygens (including phenoxy) is 9. The van der Waals surface area contributed by atoms with Gasteiger partial charge < -0.3 is 47.7 Å². The summed E-state index contributed by atoms with van der Waals surface area (Å²) in [5, 5.41) is 11.4. The minimum atomic E-state index is -1.51. The molecular weight excluding hydrogens is 656 g/mol. The van der Waals surface area contributed by atoms with Gasteiger partial charge in [-0.1, -0.05) is 54.6 Å². The van der Waals surface area contributed by atoms with Crippen LogP contribution >= 0.6 is 0 Å². The summed E-state index contributed by atoms with van der Waals surface area (Å²) in [7, 11) is 0. The molecule has 6 rings (SSSR count). The van der Waals surface area contributed by atoms with E-state index < -0.39 is 92.1 Å². The molecule has 3 heterocycles. The monoisotopic (exact) mass is 692 g/mol. The van der Waals surface area contributed by atoms with Crippen LogP contribution in [0.25, 0.3) is 0 Å². The quantitative estimate of drug-likeness (QED) is 0.230. The highest BCUT2D eigenvalue weighted by atomic mass is 16.8. The minimum Gasteiger partial charge on any atom is -0.463 e. The van der Waals surface area contributed by atoms with Gasteiger partial charge in [-0.2, -0.15) is 0 Å². The maximum absolute atomic E-state index is 13.5. The smallest absolute Gasteiger partial charge is 0.338 e. The number of benzene rings is 3. The summed E-state index contributed by atoms with van der Waals surface area (Å²) >= 11 is 0. The summed E-state index contributed by atoms with van der Waals surface area (Å²) in [6.45, 7) is 2.07. The fraction of sp³-hybridized carbons (Fsp3) is 0.389. The molecule has 3 aliphatic heterocycles. The van der Waals surface area contributed by atoms with Gasteiger partial charge in [0.25, 0.3) is 0 Å². The number of aliphatic hydroxyl groups excluding tert-OH is 1. The van der Waals surface area contributed by atoms with Crippen molar-refractivity contribution in [2.45, 2.75) is 75.4 Å². The fourth-order valence-corrected chi connectivity index (χ4v) is 5.78. The Kier molecular flexibility index (Phi) is 11.2. The van der Waals surface area contributed by atoms with Crippen molar-refractivity contribution in [3.63, 3.8) is 0 Å². The number of hydrogen-bond donors (Lipinski definition) is 1. The Morgan fingerprint density at radius 3 is 1.70 bits per heavy atom. The standard InChI is InChI=1S/C36H36O14/c1-20(37)42-18-25-27(38)29(31-35(46-25)45-21(2)44-31)50-36-30(49-34(41)24-16-10-5-11-17-24)28(48-33(40)23-14-8-4-9-15-23)26(47-36)19-43-32(39)22-12-6-3-7-13-22/h3-17,21,25-31,35-36,38H,18-19H2,1-2H3/t21?,25-,26+,27+,28+,29+,30-,31-,35+,36+/m1/s1. The number of hydrogen-bond acceptors (Lipinski definition) is 14. The van der Waals surface area contributed by atoms with Crippen LogP contribution in [-0.4, -0.2) is 104 Å². The van der Waals surface area contributed by atoms with E-state index >= 15 is 0 Å². The van der Waals surface area contributed by atoms with Crippen molar-refractivity contribution in [1.29, 1.82) is 0 Å². The second-order valence-corrected chi connectivity index (χ2v) is 11.7. The molecule has 14 heteroatoms. The molecule has 1 N–H and O–H groups in total. The lowest BCUT2D eigenvalue weighted by atomic mass is 9.99. The van der Waals surface area contributed by atoms with E-state index in [2.05, 4.69) is 0 Å². The van der Waals surface area contributed by atoms with Crippen LogP contribution in [0, 0.1) is 0 Å². The van der Waals surface area contributed by atoms with Crippen LogP contribution in [0.1, 0.15) is 44.9 Å². The highest BCUT2D eigenvalue weighted by Gasteiger charge is 2.57. The summed E-state index contributed by atoms with van der Waals surface area (Å²) in [4.78, 5) is 51.4. The SMILES string of the molecule is CC(=O)OC[C@H]1O[C@@H]2OC(C)O[C@@H]2[C@@H](O[C@@H]2O[C@@H](COC(=O)c3ccccc3)[C@H](OC(=O)c3ccccc3)[C@H]2OC(=O)c2ccccc2)[C@H]1O. The van der Waals surface area contributed by atoms with Gasteiger partial charge in [-0.3, -0.25) is 4.79 Å². The van der Waals surface area contributed by atoms with E-state index in [0.29, 0.717) is 0 Å². The van der Waals surface area contributed by atoms with Crippen LogP contribution in [0.15, 0.2) is 91.0 Å². The predicted molar refractivity (Wildman–Crippen MR) is 168 cm³/mol.